The molecule has 1 heterocycles. The van der Waals surface area contributed by atoms with Crippen molar-refractivity contribution in [3.05, 3.63) is 60.1 Å². The topological polar surface area (TPSA) is 42.2 Å². The molecule has 0 radical (unpaired) electrons. The number of hydrogen-bond acceptors (Lipinski definition) is 2. The van der Waals surface area contributed by atoms with Gasteiger partial charge in [-0.2, -0.15) is 0 Å². The second kappa shape index (κ2) is 6.05. The number of carbonyl (C=O) groups excluding carboxylic acids is 1. The molecule has 1 N–H and O–H groups in total. The summed E-state index contributed by atoms with van der Waals surface area (Å²) in [4.78, 5) is 12.1. The first kappa shape index (κ1) is 12.4. The molecule has 0 fully saturated rings. The zero-order chi connectivity index (χ0) is 12.8. The zero-order valence-electron chi connectivity index (χ0n) is 10.4. The van der Waals surface area contributed by atoms with Gasteiger partial charge in [0.1, 0.15) is 5.76 Å². The summed E-state index contributed by atoms with van der Waals surface area (Å²) >= 11 is 0. The van der Waals surface area contributed by atoms with E-state index in [0.29, 0.717) is 6.54 Å². The monoisotopic (exact) mass is 243 g/mol. The fourth-order valence-corrected chi connectivity index (χ4v) is 1.97. The van der Waals surface area contributed by atoms with Gasteiger partial charge in [-0.1, -0.05) is 37.3 Å². The van der Waals surface area contributed by atoms with E-state index in [1.165, 1.54) is 0 Å². The molecule has 0 aliphatic rings. The molecule has 0 aliphatic heterocycles. The molecule has 94 valence electrons. The molecule has 2 rings (SSSR count). The lowest BCUT2D eigenvalue weighted by molar-refractivity contribution is -0.122. The van der Waals surface area contributed by atoms with Crippen LogP contribution in [0, 0.1) is 0 Å². The van der Waals surface area contributed by atoms with Crippen molar-refractivity contribution in [3.8, 4) is 0 Å². The van der Waals surface area contributed by atoms with E-state index in [2.05, 4.69) is 5.32 Å². The maximum absolute atomic E-state index is 12.1. The lowest BCUT2D eigenvalue weighted by atomic mass is 9.96. The van der Waals surface area contributed by atoms with Crippen LogP contribution in [-0.4, -0.2) is 5.91 Å². The summed E-state index contributed by atoms with van der Waals surface area (Å²) in [5, 5.41) is 2.90. The number of amides is 1. The Morgan fingerprint density at radius 3 is 2.61 bits per heavy atom. The number of furan rings is 1. The van der Waals surface area contributed by atoms with Gasteiger partial charge in [0.2, 0.25) is 5.91 Å². The molecular formula is C15H17NO2. The summed E-state index contributed by atoms with van der Waals surface area (Å²) in [6.45, 7) is 2.46. The molecule has 3 heteroatoms. The fraction of sp³-hybridized carbons (Fsp3) is 0.267. The molecule has 1 aromatic heterocycles. The Morgan fingerprint density at radius 1 is 1.22 bits per heavy atom. The van der Waals surface area contributed by atoms with E-state index >= 15 is 0 Å². The van der Waals surface area contributed by atoms with E-state index in [0.717, 1.165) is 17.7 Å². The number of nitrogens with one attached hydrogen (secondary N) is 1. The highest BCUT2D eigenvalue weighted by Crippen LogP contribution is 2.19. The highest BCUT2D eigenvalue weighted by molar-refractivity contribution is 5.83. The first-order valence-corrected chi connectivity index (χ1v) is 6.16. The third-order valence-electron chi connectivity index (χ3n) is 2.94. The van der Waals surface area contributed by atoms with Crippen LogP contribution in [0.4, 0.5) is 0 Å². The Balaban J connectivity index is 1.98. The molecular weight excluding hydrogens is 226 g/mol. The van der Waals surface area contributed by atoms with Gasteiger partial charge in [0, 0.05) is 0 Å². The van der Waals surface area contributed by atoms with Crippen molar-refractivity contribution in [3.63, 3.8) is 0 Å². The predicted octanol–water partition coefficient (Wildman–Crippen LogP) is 3.09. The Bertz CT molecular complexity index is 476. The van der Waals surface area contributed by atoms with Crippen molar-refractivity contribution in [2.75, 3.05) is 0 Å². The van der Waals surface area contributed by atoms with E-state index in [1.807, 2.05) is 49.4 Å². The Morgan fingerprint density at radius 2 is 2.00 bits per heavy atom. The van der Waals surface area contributed by atoms with E-state index in [1.54, 1.807) is 6.26 Å². The molecule has 1 aromatic carbocycles. The standard InChI is InChI=1S/C15H17NO2/c1-2-14(12-7-4-3-5-8-12)15(17)16-11-13-9-6-10-18-13/h3-10,14H,2,11H2,1H3,(H,16,17). The molecule has 0 saturated carbocycles. The maximum Gasteiger partial charge on any atom is 0.227 e. The highest BCUT2D eigenvalue weighted by atomic mass is 16.3. The smallest absolute Gasteiger partial charge is 0.227 e. The quantitative estimate of drug-likeness (QED) is 0.876. The first-order chi connectivity index (χ1) is 8.81. The van der Waals surface area contributed by atoms with Crippen molar-refractivity contribution in [1.29, 1.82) is 0 Å². The third kappa shape index (κ3) is 3.00. The van der Waals surface area contributed by atoms with Crippen molar-refractivity contribution >= 4 is 5.91 Å². The summed E-state index contributed by atoms with van der Waals surface area (Å²) in [6.07, 6.45) is 2.39. The summed E-state index contributed by atoms with van der Waals surface area (Å²) in [7, 11) is 0. The van der Waals surface area contributed by atoms with Crippen LogP contribution in [0.1, 0.15) is 30.6 Å². The minimum Gasteiger partial charge on any atom is -0.467 e. The first-order valence-electron chi connectivity index (χ1n) is 6.16. The Kier molecular flexibility index (Phi) is 4.18. The minimum atomic E-state index is -0.0961. The number of carbonyl (C=O) groups is 1. The van der Waals surface area contributed by atoms with Crippen molar-refractivity contribution in [2.24, 2.45) is 0 Å². The molecule has 1 amide bonds. The zero-order valence-corrected chi connectivity index (χ0v) is 10.4. The summed E-state index contributed by atoms with van der Waals surface area (Å²) in [5.74, 6) is 0.715. The molecule has 3 nitrogen and oxygen atoms in total. The largest absolute Gasteiger partial charge is 0.467 e. The van der Waals surface area contributed by atoms with E-state index in [-0.39, 0.29) is 11.8 Å². The van der Waals surface area contributed by atoms with Crippen LogP contribution in [0.2, 0.25) is 0 Å². The van der Waals surface area contributed by atoms with E-state index in [9.17, 15) is 4.79 Å². The summed E-state index contributed by atoms with van der Waals surface area (Å²) < 4.78 is 5.19. The van der Waals surface area contributed by atoms with Crippen LogP contribution >= 0.6 is 0 Å². The second-order valence-electron chi connectivity index (χ2n) is 4.17. The van der Waals surface area contributed by atoms with Crippen molar-refractivity contribution in [2.45, 2.75) is 25.8 Å². The molecule has 0 spiro atoms. The van der Waals surface area contributed by atoms with Gasteiger partial charge in [0.05, 0.1) is 18.7 Å². The predicted molar refractivity (Wildman–Crippen MR) is 70.0 cm³/mol. The SMILES string of the molecule is CCC(C(=O)NCc1ccco1)c1ccccc1. The van der Waals surface area contributed by atoms with E-state index in [4.69, 9.17) is 4.42 Å². The average molecular weight is 243 g/mol. The van der Waals surface area contributed by atoms with Crippen LogP contribution in [-0.2, 0) is 11.3 Å². The van der Waals surface area contributed by atoms with Gasteiger partial charge in [-0.25, -0.2) is 0 Å². The second-order valence-corrected chi connectivity index (χ2v) is 4.17. The normalized spacial score (nSPS) is 12.1. The number of benzene rings is 1. The van der Waals surface area contributed by atoms with Crippen LogP contribution in [0.15, 0.2) is 53.1 Å². The highest BCUT2D eigenvalue weighted by Gasteiger charge is 2.17. The van der Waals surface area contributed by atoms with Crippen LogP contribution in [0.25, 0.3) is 0 Å². The average Bonchev–Trinajstić information content (AvgIpc) is 2.92. The maximum atomic E-state index is 12.1. The molecule has 0 saturated heterocycles. The Labute approximate surface area is 107 Å². The van der Waals surface area contributed by atoms with Gasteiger partial charge in [0.25, 0.3) is 0 Å². The van der Waals surface area contributed by atoms with Crippen molar-refractivity contribution in [1.82, 2.24) is 5.32 Å². The summed E-state index contributed by atoms with van der Waals surface area (Å²) in [5.41, 5.74) is 1.05. The van der Waals surface area contributed by atoms with Crippen LogP contribution < -0.4 is 5.32 Å². The van der Waals surface area contributed by atoms with Gasteiger partial charge < -0.3 is 9.73 Å². The molecule has 1 unspecified atom stereocenters. The van der Waals surface area contributed by atoms with Crippen LogP contribution in [0.3, 0.4) is 0 Å². The van der Waals surface area contributed by atoms with Gasteiger partial charge in [-0.3, -0.25) is 4.79 Å². The van der Waals surface area contributed by atoms with Gasteiger partial charge in [-0.05, 0) is 24.1 Å². The number of rotatable bonds is 5. The lowest BCUT2D eigenvalue weighted by Crippen LogP contribution is -2.28. The lowest BCUT2D eigenvalue weighted by Gasteiger charge is -2.14. The molecule has 0 bridgehead atoms. The van der Waals surface area contributed by atoms with Gasteiger partial charge >= 0.3 is 0 Å². The molecule has 18 heavy (non-hydrogen) atoms. The van der Waals surface area contributed by atoms with Crippen LogP contribution in [0.5, 0.6) is 0 Å². The van der Waals surface area contributed by atoms with E-state index < -0.39 is 0 Å². The number of hydrogen-bond donors (Lipinski definition) is 1. The molecule has 0 aliphatic carbocycles. The third-order valence-corrected chi connectivity index (χ3v) is 2.94. The van der Waals surface area contributed by atoms with Crippen molar-refractivity contribution < 1.29 is 9.21 Å². The molecule has 1 atom stereocenters. The fourth-order valence-electron chi connectivity index (χ4n) is 1.97. The minimum absolute atomic E-state index is 0.0418. The van der Waals surface area contributed by atoms with Gasteiger partial charge in [0.15, 0.2) is 0 Å². The molecule has 2 aromatic rings. The Hall–Kier alpha value is -2.03. The summed E-state index contributed by atoms with van der Waals surface area (Å²) in [6, 6.07) is 13.5. The van der Waals surface area contributed by atoms with Gasteiger partial charge in [-0.15, -0.1) is 0 Å².